The van der Waals surface area contributed by atoms with Crippen LogP contribution in [0.2, 0.25) is 0 Å². The van der Waals surface area contributed by atoms with Crippen LogP contribution < -0.4 is 14.8 Å². The summed E-state index contributed by atoms with van der Waals surface area (Å²) < 4.78 is 13.6. The summed E-state index contributed by atoms with van der Waals surface area (Å²) in [4.78, 5) is 13.3. The van der Waals surface area contributed by atoms with Crippen LogP contribution in [-0.2, 0) is 11.3 Å². The highest BCUT2D eigenvalue weighted by molar-refractivity contribution is 6.24. The third-order valence-corrected chi connectivity index (χ3v) is 6.15. The van der Waals surface area contributed by atoms with Gasteiger partial charge in [0.25, 0.3) is 5.91 Å². The van der Waals surface area contributed by atoms with Crippen LogP contribution in [0.25, 0.3) is 22.6 Å². The van der Waals surface area contributed by atoms with Crippen molar-refractivity contribution in [3.05, 3.63) is 96.2 Å². The van der Waals surface area contributed by atoms with Crippen LogP contribution in [0.15, 0.2) is 85.1 Å². The molecule has 4 rings (SSSR count). The Hall–Kier alpha value is -3.99. The lowest BCUT2D eigenvalue weighted by atomic mass is 10.0. The van der Waals surface area contributed by atoms with Gasteiger partial charge in [-0.05, 0) is 53.3 Å². The first kappa shape index (κ1) is 25.1. The number of hydrogen-bond donors (Lipinski definition) is 1. The van der Waals surface area contributed by atoms with E-state index in [9.17, 15) is 4.79 Å². The van der Waals surface area contributed by atoms with E-state index >= 15 is 0 Å². The van der Waals surface area contributed by atoms with E-state index in [-0.39, 0.29) is 5.91 Å². The number of para-hydroxylation sites is 1. The molecule has 0 saturated heterocycles. The highest BCUT2D eigenvalue weighted by Gasteiger charge is 2.13. The number of rotatable bonds is 12. The van der Waals surface area contributed by atoms with Crippen molar-refractivity contribution in [2.75, 3.05) is 20.3 Å². The average molecular weight is 483 g/mol. The van der Waals surface area contributed by atoms with Crippen LogP contribution in [0, 0.1) is 0 Å². The number of nitrogens with one attached hydrogen (secondary N) is 1. The Bertz CT molecular complexity index is 1310. The van der Waals surface area contributed by atoms with E-state index in [0.29, 0.717) is 31.0 Å². The lowest BCUT2D eigenvalue weighted by Gasteiger charge is -2.13. The summed E-state index contributed by atoms with van der Waals surface area (Å²) in [5, 5.41) is 4.30. The first-order chi connectivity index (χ1) is 17.7. The first-order valence-electron chi connectivity index (χ1n) is 12.6. The Labute approximate surface area is 213 Å². The molecule has 1 aromatic heterocycles. The van der Waals surface area contributed by atoms with Crippen molar-refractivity contribution in [1.29, 1.82) is 0 Å². The Morgan fingerprint density at radius 2 is 1.75 bits per heavy atom. The van der Waals surface area contributed by atoms with Gasteiger partial charge in [0.1, 0.15) is 0 Å². The molecule has 0 aliphatic rings. The molecule has 0 radical (unpaired) electrons. The maximum Gasteiger partial charge on any atom is 0.251 e. The summed E-state index contributed by atoms with van der Waals surface area (Å²) in [7, 11) is 1.64. The van der Waals surface area contributed by atoms with Gasteiger partial charge in [0, 0.05) is 30.4 Å². The van der Waals surface area contributed by atoms with E-state index in [1.807, 2.05) is 66.7 Å². The molecule has 0 atom stereocenters. The summed E-state index contributed by atoms with van der Waals surface area (Å²) in [6.45, 7) is 4.05. The van der Waals surface area contributed by atoms with Crippen molar-refractivity contribution >= 4 is 28.5 Å². The summed E-state index contributed by atoms with van der Waals surface area (Å²) in [6.07, 6.45) is 7.26. The maximum absolute atomic E-state index is 13.3. The third-order valence-electron chi connectivity index (χ3n) is 6.15. The van der Waals surface area contributed by atoms with E-state index in [1.54, 1.807) is 7.11 Å². The Kier molecular flexibility index (Phi) is 8.82. The quantitative estimate of drug-likeness (QED) is 0.141. The molecular formula is C31H34N2O3. The minimum Gasteiger partial charge on any atom is -0.493 e. The lowest BCUT2D eigenvalue weighted by Crippen LogP contribution is -2.27. The Balaban J connectivity index is 1.50. The first-order valence-corrected chi connectivity index (χ1v) is 12.6. The van der Waals surface area contributed by atoms with E-state index in [1.165, 1.54) is 5.39 Å². The lowest BCUT2D eigenvalue weighted by molar-refractivity contribution is -0.115. The van der Waals surface area contributed by atoms with Crippen LogP contribution >= 0.6 is 0 Å². The molecule has 5 heteroatoms. The van der Waals surface area contributed by atoms with E-state index in [2.05, 4.69) is 41.2 Å². The zero-order chi connectivity index (χ0) is 25.2. The average Bonchev–Trinajstić information content (AvgIpc) is 3.33. The predicted molar refractivity (Wildman–Crippen MR) is 147 cm³/mol. The zero-order valence-electron chi connectivity index (χ0n) is 21.1. The van der Waals surface area contributed by atoms with Crippen LogP contribution in [0.1, 0.15) is 37.3 Å². The molecule has 0 bridgehead atoms. The van der Waals surface area contributed by atoms with Gasteiger partial charge in [-0.1, -0.05) is 74.4 Å². The minimum absolute atomic E-state index is 0.114. The van der Waals surface area contributed by atoms with Gasteiger partial charge in [0.05, 0.1) is 13.7 Å². The van der Waals surface area contributed by atoms with E-state index in [0.717, 1.165) is 41.7 Å². The van der Waals surface area contributed by atoms with Crippen LogP contribution in [0.3, 0.4) is 0 Å². The number of amides is 1. The van der Waals surface area contributed by atoms with Crippen molar-refractivity contribution in [2.45, 2.75) is 32.7 Å². The normalized spacial score (nSPS) is 11.4. The molecule has 1 heterocycles. The Morgan fingerprint density at radius 1 is 0.944 bits per heavy atom. The van der Waals surface area contributed by atoms with Crippen molar-refractivity contribution in [3.63, 3.8) is 0 Å². The molecule has 186 valence electrons. The maximum atomic E-state index is 13.3. The Morgan fingerprint density at radius 3 is 2.56 bits per heavy atom. The largest absolute Gasteiger partial charge is 0.493 e. The molecule has 0 unspecified atom stereocenters. The summed E-state index contributed by atoms with van der Waals surface area (Å²) in [5.41, 5.74) is 3.50. The highest BCUT2D eigenvalue weighted by Crippen LogP contribution is 2.30. The van der Waals surface area contributed by atoms with Gasteiger partial charge in [0.15, 0.2) is 11.5 Å². The van der Waals surface area contributed by atoms with Gasteiger partial charge in [-0.3, -0.25) is 4.79 Å². The molecule has 1 N–H and O–H groups in total. The van der Waals surface area contributed by atoms with E-state index in [4.69, 9.17) is 9.47 Å². The molecule has 36 heavy (non-hydrogen) atoms. The van der Waals surface area contributed by atoms with Crippen LogP contribution in [-0.4, -0.2) is 30.7 Å². The van der Waals surface area contributed by atoms with Crippen molar-refractivity contribution < 1.29 is 14.3 Å². The van der Waals surface area contributed by atoms with Crippen molar-refractivity contribution in [2.24, 2.45) is 0 Å². The van der Waals surface area contributed by atoms with Crippen molar-refractivity contribution in [1.82, 2.24) is 9.88 Å². The number of fused-ring (bicyclic) bond motifs is 1. The number of hydrogen-bond acceptors (Lipinski definition) is 3. The monoisotopic (exact) mass is 482 g/mol. The molecular weight excluding hydrogens is 448 g/mol. The number of ether oxygens (including phenoxy) is 2. The molecule has 0 saturated carbocycles. The number of aromatic nitrogens is 1. The fraction of sp³-hybridized carbons (Fsp3) is 0.258. The number of benzene rings is 3. The fourth-order valence-corrected chi connectivity index (χ4v) is 4.21. The standard InChI is InChI=1S/C31H34N2O3/c1-3-4-10-21-36-29-16-15-24(23-30(29)35-2)22-27(25-11-6-5-7-12-25)31(34)32-18-20-33-19-17-26-13-8-9-14-28(26)33/h5-9,11-17,19,22-23H,3-4,10,18,20-21H2,1-2H3,(H,32,34)/b27-22+. The number of methoxy groups -OCH3 is 1. The van der Waals surface area contributed by atoms with Crippen LogP contribution in [0.5, 0.6) is 11.5 Å². The molecule has 5 nitrogen and oxygen atoms in total. The topological polar surface area (TPSA) is 52.5 Å². The number of carbonyl (C=O) groups is 1. The molecule has 0 aliphatic heterocycles. The third kappa shape index (κ3) is 6.36. The van der Waals surface area contributed by atoms with Crippen molar-refractivity contribution in [3.8, 4) is 11.5 Å². The number of nitrogens with zero attached hydrogens (tertiary/aromatic N) is 1. The fourth-order valence-electron chi connectivity index (χ4n) is 4.21. The summed E-state index contributed by atoms with van der Waals surface area (Å²) >= 11 is 0. The second-order valence-electron chi connectivity index (χ2n) is 8.71. The van der Waals surface area contributed by atoms with Gasteiger partial charge in [0.2, 0.25) is 0 Å². The summed E-state index contributed by atoms with van der Waals surface area (Å²) in [6, 6.07) is 25.9. The second-order valence-corrected chi connectivity index (χ2v) is 8.71. The second kappa shape index (κ2) is 12.6. The van der Waals surface area contributed by atoms with Gasteiger partial charge in [-0.25, -0.2) is 0 Å². The summed E-state index contributed by atoms with van der Waals surface area (Å²) in [5.74, 6) is 1.26. The molecule has 4 aromatic rings. The SMILES string of the molecule is CCCCCOc1ccc(/C=C(/C(=O)NCCn2ccc3ccccc32)c2ccccc2)cc1OC. The van der Waals surface area contributed by atoms with Gasteiger partial charge in [-0.15, -0.1) is 0 Å². The molecule has 0 fully saturated rings. The minimum atomic E-state index is -0.114. The van der Waals surface area contributed by atoms with E-state index < -0.39 is 0 Å². The molecule has 3 aromatic carbocycles. The molecule has 1 amide bonds. The highest BCUT2D eigenvalue weighted by atomic mass is 16.5. The number of unbranched alkanes of at least 4 members (excludes halogenated alkanes) is 2. The zero-order valence-corrected chi connectivity index (χ0v) is 21.1. The number of carbonyl (C=O) groups excluding carboxylic acids is 1. The van der Waals surface area contributed by atoms with Gasteiger partial charge in [-0.2, -0.15) is 0 Å². The molecule has 0 aliphatic carbocycles. The smallest absolute Gasteiger partial charge is 0.251 e. The van der Waals surface area contributed by atoms with Crippen LogP contribution in [0.4, 0.5) is 0 Å². The predicted octanol–water partition coefficient (Wildman–Crippen LogP) is 6.58. The molecule has 0 spiro atoms. The van der Waals surface area contributed by atoms with Gasteiger partial charge < -0.3 is 19.4 Å². The van der Waals surface area contributed by atoms with Gasteiger partial charge >= 0.3 is 0 Å².